The van der Waals surface area contributed by atoms with Gasteiger partial charge < -0.3 is 19.9 Å². The number of aliphatic imine (C=N–C) groups is 1. The summed E-state index contributed by atoms with van der Waals surface area (Å²) in [5.74, 6) is 1.57. The minimum absolute atomic E-state index is 0.616. The fraction of sp³-hybridized carbons (Fsp3) is 0.526. The Balaban J connectivity index is 1.55. The van der Waals surface area contributed by atoms with Crippen LogP contribution in [0.25, 0.3) is 10.9 Å². The molecular formula is C19H28N4O. The highest BCUT2D eigenvalue weighted by Crippen LogP contribution is 2.22. The first-order valence-electron chi connectivity index (χ1n) is 8.74. The van der Waals surface area contributed by atoms with E-state index in [2.05, 4.69) is 58.6 Å². The number of fused-ring (bicyclic) bond motifs is 1. The van der Waals surface area contributed by atoms with Crippen LogP contribution in [0.5, 0.6) is 0 Å². The second-order valence-electron chi connectivity index (χ2n) is 6.65. The molecule has 24 heavy (non-hydrogen) atoms. The van der Waals surface area contributed by atoms with Crippen LogP contribution < -0.4 is 5.32 Å². The van der Waals surface area contributed by atoms with Crippen molar-refractivity contribution in [2.75, 3.05) is 40.4 Å². The quantitative estimate of drug-likeness (QED) is 0.655. The number of hydrogen-bond donors (Lipinski definition) is 2. The summed E-state index contributed by atoms with van der Waals surface area (Å²) < 4.78 is 5.46. The third kappa shape index (κ3) is 3.73. The Bertz CT molecular complexity index is 700. The minimum atomic E-state index is 0.616. The molecular weight excluding hydrogens is 300 g/mol. The maximum atomic E-state index is 5.46. The predicted octanol–water partition coefficient (Wildman–Crippen LogP) is 2.56. The smallest absolute Gasteiger partial charge is 0.193 e. The zero-order valence-electron chi connectivity index (χ0n) is 14.9. The molecule has 0 aliphatic carbocycles. The number of hydrogen-bond acceptors (Lipinski definition) is 2. The van der Waals surface area contributed by atoms with E-state index >= 15 is 0 Å². The van der Waals surface area contributed by atoms with Crippen molar-refractivity contribution in [1.29, 1.82) is 0 Å². The number of nitrogens with one attached hydrogen (secondary N) is 2. The predicted molar refractivity (Wildman–Crippen MR) is 99.7 cm³/mol. The number of aromatic nitrogens is 1. The van der Waals surface area contributed by atoms with Crippen LogP contribution in [0, 0.1) is 12.8 Å². The summed E-state index contributed by atoms with van der Waals surface area (Å²) in [4.78, 5) is 9.99. The van der Waals surface area contributed by atoms with Gasteiger partial charge in [-0.15, -0.1) is 0 Å². The molecule has 0 saturated carbocycles. The second-order valence-corrected chi connectivity index (χ2v) is 6.65. The zero-order valence-corrected chi connectivity index (χ0v) is 14.9. The summed E-state index contributed by atoms with van der Waals surface area (Å²) in [6.45, 7) is 5.80. The standard InChI is InChI=1S/C19H28N4O/c1-14-5-4-6-17-18(14)16(11-22-17)7-9-21-19(20-2)23(3)12-15-8-10-24-13-15/h4-6,11,15,22H,7-10,12-13H2,1-3H3,(H,20,21). The molecule has 1 atom stereocenters. The molecule has 2 aromatic rings. The number of H-pyrrole nitrogens is 1. The van der Waals surface area contributed by atoms with Gasteiger partial charge in [-0.25, -0.2) is 0 Å². The van der Waals surface area contributed by atoms with Crippen molar-refractivity contribution in [1.82, 2.24) is 15.2 Å². The van der Waals surface area contributed by atoms with Gasteiger partial charge in [-0.05, 0) is 37.0 Å². The van der Waals surface area contributed by atoms with Crippen molar-refractivity contribution in [3.63, 3.8) is 0 Å². The molecule has 0 bridgehead atoms. The molecule has 1 saturated heterocycles. The molecule has 1 aliphatic heterocycles. The lowest BCUT2D eigenvalue weighted by atomic mass is 10.1. The van der Waals surface area contributed by atoms with Gasteiger partial charge in [-0.2, -0.15) is 0 Å². The topological polar surface area (TPSA) is 52.7 Å². The number of rotatable bonds is 5. The molecule has 5 heteroatoms. The number of aryl methyl sites for hydroxylation is 1. The Hall–Kier alpha value is -2.01. The van der Waals surface area contributed by atoms with E-state index in [1.54, 1.807) is 0 Å². The van der Waals surface area contributed by atoms with Crippen molar-refractivity contribution < 1.29 is 4.74 Å². The SMILES string of the molecule is CN=C(NCCc1c[nH]c2cccc(C)c12)N(C)CC1CCOC1. The van der Waals surface area contributed by atoms with Gasteiger partial charge in [0.2, 0.25) is 0 Å². The van der Waals surface area contributed by atoms with Crippen molar-refractivity contribution >= 4 is 16.9 Å². The third-order valence-corrected chi connectivity index (χ3v) is 4.80. The Morgan fingerprint density at radius 2 is 2.33 bits per heavy atom. The van der Waals surface area contributed by atoms with E-state index in [0.717, 1.165) is 45.1 Å². The second kappa shape index (κ2) is 7.71. The third-order valence-electron chi connectivity index (χ3n) is 4.80. The molecule has 5 nitrogen and oxygen atoms in total. The largest absolute Gasteiger partial charge is 0.381 e. The summed E-state index contributed by atoms with van der Waals surface area (Å²) in [5.41, 5.74) is 3.90. The number of guanidine groups is 1. The van der Waals surface area contributed by atoms with Gasteiger partial charge in [0, 0.05) is 56.8 Å². The Kier molecular flexibility index (Phi) is 5.41. The van der Waals surface area contributed by atoms with Crippen molar-refractivity contribution in [2.24, 2.45) is 10.9 Å². The van der Waals surface area contributed by atoms with E-state index < -0.39 is 0 Å². The van der Waals surface area contributed by atoms with E-state index in [-0.39, 0.29) is 0 Å². The van der Waals surface area contributed by atoms with Gasteiger partial charge in [-0.3, -0.25) is 4.99 Å². The van der Waals surface area contributed by atoms with Crippen molar-refractivity contribution in [3.8, 4) is 0 Å². The Labute approximate surface area is 144 Å². The van der Waals surface area contributed by atoms with E-state index in [9.17, 15) is 0 Å². The molecule has 0 spiro atoms. The lowest BCUT2D eigenvalue weighted by molar-refractivity contribution is 0.181. The van der Waals surface area contributed by atoms with Gasteiger partial charge >= 0.3 is 0 Å². The summed E-state index contributed by atoms with van der Waals surface area (Å²) >= 11 is 0. The van der Waals surface area contributed by atoms with E-state index in [4.69, 9.17) is 4.74 Å². The molecule has 0 amide bonds. The highest BCUT2D eigenvalue weighted by molar-refractivity contribution is 5.86. The average Bonchev–Trinajstić information content (AvgIpc) is 3.22. The summed E-state index contributed by atoms with van der Waals surface area (Å²) in [5, 5.41) is 4.84. The maximum absolute atomic E-state index is 5.46. The number of aromatic amines is 1. The van der Waals surface area contributed by atoms with Gasteiger partial charge in [0.1, 0.15) is 0 Å². The van der Waals surface area contributed by atoms with Crippen LogP contribution in [0.1, 0.15) is 17.5 Å². The van der Waals surface area contributed by atoms with Gasteiger partial charge in [0.05, 0.1) is 6.61 Å². The molecule has 1 aromatic heterocycles. The Morgan fingerprint density at radius 3 is 3.08 bits per heavy atom. The van der Waals surface area contributed by atoms with Crippen LogP contribution >= 0.6 is 0 Å². The van der Waals surface area contributed by atoms with Gasteiger partial charge in [-0.1, -0.05) is 12.1 Å². The lowest BCUT2D eigenvalue weighted by Crippen LogP contribution is -2.42. The van der Waals surface area contributed by atoms with Gasteiger partial charge in [0.25, 0.3) is 0 Å². The molecule has 1 aromatic carbocycles. The molecule has 1 fully saturated rings. The van der Waals surface area contributed by atoms with Crippen molar-refractivity contribution in [2.45, 2.75) is 19.8 Å². The molecule has 130 valence electrons. The van der Waals surface area contributed by atoms with E-state index in [1.807, 2.05) is 7.05 Å². The zero-order chi connectivity index (χ0) is 16.9. The van der Waals surface area contributed by atoms with Gasteiger partial charge in [0.15, 0.2) is 5.96 Å². The minimum Gasteiger partial charge on any atom is -0.381 e. The maximum Gasteiger partial charge on any atom is 0.193 e. The normalized spacial score (nSPS) is 18.3. The highest BCUT2D eigenvalue weighted by Gasteiger charge is 2.19. The van der Waals surface area contributed by atoms with E-state index in [0.29, 0.717) is 5.92 Å². The molecule has 1 aliphatic rings. The molecule has 1 unspecified atom stereocenters. The number of ether oxygens (including phenoxy) is 1. The lowest BCUT2D eigenvalue weighted by Gasteiger charge is -2.24. The van der Waals surface area contributed by atoms with E-state index in [1.165, 1.54) is 22.0 Å². The first-order valence-corrected chi connectivity index (χ1v) is 8.74. The van der Waals surface area contributed by atoms with Crippen LogP contribution in [0.3, 0.4) is 0 Å². The molecule has 2 N–H and O–H groups in total. The summed E-state index contributed by atoms with van der Waals surface area (Å²) in [7, 11) is 3.95. The fourth-order valence-electron chi connectivity index (χ4n) is 3.54. The van der Waals surface area contributed by atoms with Crippen LogP contribution in [0.2, 0.25) is 0 Å². The van der Waals surface area contributed by atoms with Crippen LogP contribution in [-0.4, -0.2) is 56.2 Å². The first-order chi connectivity index (χ1) is 11.7. The van der Waals surface area contributed by atoms with Crippen LogP contribution in [0.15, 0.2) is 29.4 Å². The monoisotopic (exact) mass is 328 g/mol. The van der Waals surface area contributed by atoms with Crippen LogP contribution in [0.4, 0.5) is 0 Å². The average molecular weight is 328 g/mol. The fourth-order valence-corrected chi connectivity index (χ4v) is 3.54. The number of nitrogens with zero attached hydrogens (tertiary/aromatic N) is 2. The number of benzene rings is 1. The Morgan fingerprint density at radius 1 is 1.46 bits per heavy atom. The van der Waals surface area contributed by atoms with Crippen LogP contribution in [-0.2, 0) is 11.2 Å². The van der Waals surface area contributed by atoms with Crippen molar-refractivity contribution in [3.05, 3.63) is 35.5 Å². The summed E-state index contributed by atoms with van der Waals surface area (Å²) in [6, 6.07) is 6.40. The molecule has 2 heterocycles. The first kappa shape index (κ1) is 16.8. The molecule has 0 radical (unpaired) electrons. The highest BCUT2D eigenvalue weighted by atomic mass is 16.5. The summed E-state index contributed by atoms with van der Waals surface area (Å²) in [6.07, 6.45) is 4.25. The molecule has 3 rings (SSSR count).